The van der Waals surface area contributed by atoms with Gasteiger partial charge in [-0.2, -0.15) is 0 Å². The highest BCUT2D eigenvalue weighted by atomic mass is 19.1. The van der Waals surface area contributed by atoms with Crippen LogP contribution in [-0.4, -0.2) is 27.9 Å². The fourth-order valence-corrected chi connectivity index (χ4v) is 3.44. The van der Waals surface area contributed by atoms with Crippen LogP contribution in [0.2, 0.25) is 0 Å². The smallest absolute Gasteiger partial charge is 0.495 e. The molecule has 10 heteroatoms. The van der Waals surface area contributed by atoms with Crippen LogP contribution in [0.5, 0.6) is 11.5 Å². The number of aromatic nitrogens is 2. The number of halogens is 3. The van der Waals surface area contributed by atoms with Gasteiger partial charge in [0.2, 0.25) is 5.43 Å². The third kappa shape index (κ3) is 4.22. The van der Waals surface area contributed by atoms with Gasteiger partial charge in [-0.25, -0.2) is 18.0 Å². The van der Waals surface area contributed by atoms with Crippen LogP contribution < -0.4 is 14.9 Å². The molecule has 2 heterocycles. The Morgan fingerprint density at radius 3 is 2.48 bits per heavy atom. The summed E-state index contributed by atoms with van der Waals surface area (Å²) < 4.78 is 54.5. The summed E-state index contributed by atoms with van der Waals surface area (Å²) in [5.41, 5.74) is -0.414. The number of carboxylic acid groups (broad SMARTS) is 1. The van der Waals surface area contributed by atoms with Crippen molar-refractivity contribution in [3.8, 4) is 22.6 Å². The number of pyridine rings is 2. The molecule has 0 fully saturated rings. The summed E-state index contributed by atoms with van der Waals surface area (Å²) in [6, 6.07) is 7.51. The third-order valence-electron chi connectivity index (χ3n) is 4.96. The molecular formula is C23H15F3N2O5. The lowest BCUT2D eigenvalue weighted by molar-refractivity contribution is 0.143. The predicted octanol–water partition coefficient (Wildman–Crippen LogP) is 4.59. The second-order valence-electron chi connectivity index (χ2n) is 6.99. The average molecular weight is 456 g/mol. The van der Waals surface area contributed by atoms with Gasteiger partial charge in [-0.15, -0.1) is 0 Å². The molecule has 1 N–H and O–H groups in total. The molecule has 33 heavy (non-hydrogen) atoms. The molecule has 0 aliphatic rings. The van der Waals surface area contributed by atoms with Gasteiger partial charge in [0, 0.05) is 17.3 Å². The van der Waals surface area contributed by atoms with Crippen molar-refractivity contribution in [2.45, 2.75) is 6.54 Å². The summed E-state index contributed by atoms with van der Waals surface area (Å²) in [6.07, 6.45) is 2.12. The van der Waals surface area contributed by atoms with E-state index in [0.29, 0.717) is 16.9 Å². The monoisotopic (exact) mass is 456 g/mol. The summed E-state index contributed by atoms with van der Waals surface area (Å²) in [6.45, 7) is -0.338. The first kappa shape index (κ1) is 21.9. The molecule has 7 nitrogen and oxygen atoms in total. The number of methoxy groups -OCH3 is 1. The van der Waals surface area contributed by atoms with Crippen LogP contribution in [0.15, 0.2) is 59.8 Å². The van der Waals surface area contributed by atoms with Crippen molar-refractivity contribution >= 4 is 17.1 Å². The molecule has 4 rings (SSSR count). The number of hydrogen-bond donors (Lipinski definition) is 1. The average Bonchev–Trinajstić information content (AvgIpc) is 2.79. The Labute approximate surface area is 184 Å². The number of hydrogen-bond acceptors (Lipinski definition) is 5. The van der Waals surface area contributed by atoms with Crippen molar-refractivity contribution in [3.05, 3.63) is 88.2 Å². The molecular weight excluding hydrogens is 441 g/mol. The lowest BCUT2D eigenvalue weighted by Crippen LogP contribution is -2.18. The molecule has 0 spiro atoms. The van der Waals surface area contributed by atoms with Crippen LogP contribution in [-0.2, 0) is 6.54 Å². The van der Waals surface area contributed by atoms with Gasteiger partial charge < -0.3 is 19.1 Å². The molecule has 0 amide bonds. The largest absolute Gasteiger partial charge is 0.511 e. The van der Waals surface area contributed by atoms with E-state index in [1.807, 2.05) is 0 Å². The van der Waals surface area contributed by atoms with Crippen LogP contribution >= 0.6 is 0 Å². The molecule has 0 saturated heterocycles. The molecule has 0 radical (unpaired) electrons. The molecule has 0 aliphatic heterocycles. The number of benzene rings is 2. The van der Waals surface area contributed by atoms with Crippen LogP contribution in [0.25, 0.3) is 22.0 Å². The Morgan fingerprint density at radius 2 is 1.79 bits per heavy atom. The fraction of sp³-hybridized carbons (Fsp3) is 0.0870. The second-order valence-corrected chi connectivity index (χ2v) is 6.99. The summed E-state index contributed by atoms with van der Waals surface area (Å²) in [5.74, 6) is -2.92. The van der Waals surface area contributed by atoms with Crippen molar-refractivity contribution in [2.24, 2.45) is 0 Å². The van der Waals surface area contributed by atoms with Crippen molar-refractivity contribution < 1.29 is 32.5 Å². The maximum absolute atomic E-state index is 15.0. The van der Waals surface area contributed by atoms with Crippen LogP contribution in [0.1, 0.15) is 5.56 Å². The number of nitrogens with zero attached hydrogens (tertiary/aromatic N) is 2. The first-order chi connectivity index (χ1) is 15.8. The van der Waals surface area contributed by atoms with E-state index >= 15 is 0 Å². The predicted molar refractivity (Wildman–Crippen MR) is 112 cm³/mol. The van der Waals surface area contributed by atoms with E-state index < -0.39 is 45.7 Å². The van der Waals surface area contributed by atoms with Crippen LogP contribution in [0.4, 0.5) is 18.0 Å². The molecule has 0 unspecified atom stereocenters. The normalized spacial score (nSPS) is 10.9. The van der Waals surface area contributed by atoms with Crippen LogP contribution in [0, 0.1) is 17.5 Å². The molecule has 0 bridgehead atoms. The molecule has 2 aromatic heterocycles. The maximum Gasteiger partial charge on any atom is 0.511 e. The second kappa shape index (κ2) is 8.65. The van der Waals surface area contributed by atoms with E-state index in [2.05, 4.69) is 9.72 Å². The highest BCUT2D eigenvalue weighted by molar-refractivity contribution is 5.82. The quantitative estimate of drug-likeness (QED) is 0.442. The van der Waals surface area contributed by atoms with Gasteiger partial charge in [-0.3, -0.25) is 9.78 Å². The third-order valence-corrected chi connectivity index (χ3v) is 4.96. The first-order valence-electron chi connectivity index (χ1n) is 9.48. The summed E-state index contributed by atoms with van der Waals surface area (Å²) in [7, 11) is 1.48. The number of ether oxygens (including phenoxy) is 2. The topological polar surface area (TPSA) is 90.7 Å². The zero-order chi connectivity index (χ0) is 23.7. The fourth-order valence-electron chi connectivity index (χ4n) is 3.44. The number of rotatable bonds is 5. The van der Waals surface area contributed by atoms with Crippen molar-refractivity contribution in [2.75, 3.05) is 7.11 Å². The van der Waals surface area contributed by atoms with Gasteiger partial charge in [-0.05, 0) is 29.8 Å². The van der Waals surface area contributed by atoms with E-state index in [-0.39, 0.29) is 12.1 Å². The SMILES string of the molecule is COc1cncc(-c2ccc(Cn3cc(OC(=O)O)c(=O)c4c(F)ccc(F)c43)c(F)c2)c1. The first-order valence-corrected chi connectivity index (χ1v) is 9.48. The van der Waals surface area contributed by atoms with Gasteiger partial charge in [0.25, 0.3) is 0 Å². The zero-order valence-corrected chi connectivity index (χ0v) is 17.0. The van der Waals surface area contributed by atoms with Crippen molar-refractivity contribution in [1.29, 1.82) is 0 Å². The molecule has 0 saturated carbocycles. The molecule has 2 aromatic carbocycles. The molecule has 0 atom stereocenters. The standard InChI is InChI=1S/C23H15F3N2O5/c1-32-15-6-14(8-27-9-15)12-2-3-13(18(26)7-12)10-28-11-19(33-23(30)31)22(29)20-16(24)4-5-17(25)21(20)28/h2-9,11H,10H2,1H3,(H,30,31). The Morgan fingerprint density at radius 1 is 1.03 bits per heavy atom. The summed E-state index contributed by atoms with van der Waals surface area (Å²) in [4.78, 5) is 27.4. The minimum atomic E-state index is -1.81. The van der Waals surface area contributed by atoms with Gasteiger partial charge >= 0.3 is 6.16 Å². The summed E-state index contributed by atoms with van der Waals surface area (Å²) >= 11 is 0. The highest BCUT2D eigenvalue weighted by Crippen LogP contribution is 2.27. The van der Waals surface area contributed by atoms with E-state index in [0.717, 1.165) is 22.9 Å². The Hall–Kier alpha value is -4.34. The Kier molecular flexibility index (Phi) is 5.74. The van der Waals surface area contributed by atoms with Gasteiger partial charge in [0.15, 0.2) is 5.75 Å². The summed E-state index contributed by atoms with van der Waals surface area (Å²) in [5, 5.41) is 8.18. The van der Waals surface area contributed by atoms with E-state index in [1.54, 1.807) is 12.1 Å². The number of fused-ring (bicyclic) bond motifs is 1. The lowest BCUT2D eigenvalue weighted by atomic mass is 10.0. The minimum Gasteiger partial charge on any atom is -0.495 e. The van der Waals surface area contributed by atoms with Crippen molar-refractivity contribution in [3.63, 3.8) is 0 Å². The zero-order valence-electron chi connectivity index (χ0n) is 17.0. The van der Waals surface area contributed by atoms with Crippen molar-refractivity contribution in [1.82, 2.24) is 9.55 Å². The minimum absolute atomic E-state index is 0.0736. The molecule has 0 aliphatic carbocycles. The highest BCUT2D eigenvalue weighted by Gasteiger charge is 2.20. The van der Waals surface area contributed by atoms with E-state index in [1.165, 1.54) is 31.6 Å². The van der Waals surface area contributed by atoms with Gasteiger partial charge in [-0.1, -0.05) is 12.1 Å². The van der Waals surface area contributed by atoms with Gasteiger partial charge in [0.1, 0.15) is 23.2 Å². The number of carbonyl (C=O) groups is 1. The van der Waals surface area contributed by atoms with Gasteiger partial charge in [0.05, 0.1) is 37.0 Å². The van der Waals surface area contributed by atoms with E-state index in [4.69, 9.17) is 9.84 Å². The lowest BCUT2D eigenvalue weighted by Gasteiger charge is -2.15. The Bertz CT molecular complexity index is 1450. The molecule has 4 aromatic rings. The van der Waals surface area contributed by atoms with Crippen LogP contribution in [0.3, 0.4) is 0 Å². The van der Waals surface area contributed by atoms with E-state index in [9.17, 15) is 22.8 Å². The molecule has 168 valence electrons. The Balaban J connectivity index is 1.82. The maximum atomic E-state index is 15.0.